The molecule has 0 radical (unpaired) electrons. The molecule has 0 spiro atoms. The van der Waals surface area contributed by atoms with E-state index in [9.17, 15) is 20.1 Å². The molecule has 2 aromatic heterocycles. The summed E-state index contributed by atoms with van der Waals surface area (Å²) in [7, 11) is 2.66. The van der Waals surface area contributed by atoms with Crippen LogP contribution in [0, 0.1) is 36.5 Å². The van der Waals surface area contributed by atoms with Crippen LogP contribution in [0.5, 0.6) is 23.0 Å². The van der Waals surface area contributed by atoms with Crippen LogP contribution in [0.2, 0.25) is 10.0 Å². The molecule has 0 aliphatic rings. The summed E-state index contributed by atoms with van der Waals surface area (Å²) in [5, 5.41) is 26.2. The molecule has 4 aromatic carbocycles. The maximum atomic E-state index is 13.0. The van der Waals surface area contributed by atoms with E-state index in [0.29, 0.717) is 66.4 Å². The van der Waals surface area contributed by atoms with Gasteiger partial charge in [-0.05, 0) is 127 Å². The molecule has 0 aliphatic heterocycles. The topological polar surface area (TPSA) is 205 Å². The number of esters is 2. The third-order valence-electron chi connectivity index (χ3n) is 12.8. The third-order valence-corrected chi connectivity index (χ3v) is 13.4. The summed E-state index contributed by atoms with van der Waals surface area (Å²) >= 11 is 13.9. The maximum absolute atomic E-state index is 13.0. The second-order valence-electron chi connectivity index (χ2n) is 21.1. The molecule has 0 saturated heterocycles. The summed E-state index contributed by atoms with van der Waals surface area (Å²) in [6, 6.07) is 25.0. The van der Waals surface area contributed by atoms with Crippen LogP contribution >= 0.6 is 23.2 Å². The van der Waals surface area contributed by atoms with Crippen LogP contribution in [0.3, 0.4) is 0 Å². The molecule has 0 fully saturated rings. The standard InChI is InChI=1S/C62H70Cl2N6O10/c1-37-45(35-77-55-23-53(75-33-43-19-41(25-65)27-67-29-43)47(21-51(55)63)31-69-57(59(71)73-11)39(3)79-61(5,6)7)15-13-17-49(37)50-18-14-16-46(38(50)2)36-78-56-24-54(76-34-44-20-42(26-66)28-68-30-44)48(22-52(56)64)32-70-58(60(72)74-12)40(4)80-62(8,9)10/h13-24,27-30,39-40,57-58,69-70H,31-36H2,1-12H3/t39-,40-,57+,58+/m1/s1. The Bertz CT molecular complexity index is 3010. The quantitative estimate of drug-likeness (QED) is 0.0511. The van der Waals surface area contributed by atoms with Gasteiger partial charge in [-0.15, -0.1) is 0 Å². The number of hydrogen-bond donors (Lipinski definition) is 2. The summed E-state index contributed by atoms with van der Waals surface area (Å²) in [6.07, 6.45) is 5.13. The number of benzene rings is 4. The first-order chi connectivity index (χ1) is 38.0. The van der Waals surface area contributed by atoms with Gasteiger partial charge in [0.2, 0.25) is 0 Å². The highest BCUT2D eigenvalue weighted by Gasteiger charge is 2.32. The molecule has 0 bridgehead atoms. The van der Waals surface area contributed by atoms with Crippen LogP contribution in [0.4, 0.5) is 0 Å². The fourth-order valence-corrected chi connectivity index (χ4v) is 9.38. The molecule has 0 amide bonds. The van der Waals surface area contributed by atoms with Crippen LogP contribution in [0.15, 0.2) is 97.6 Å². The number of nitrogens with zero attached hydrogens (tertiary/aromatic N) is 4. The summed E-state index contributed by atoms with van der Waals surface area (Å²) in [4.78, 5) is 34.3. The number of nitrogens with one attached hydrogen (secondary N) is 2. The van der Waals surface area contributed by atoms with E-state index in [1.54, 1.807) is 48.8 Å². The van der Waals surface area contributed by atoms with Gasteiger partial charge in [-0.25, -0.2) is 0 Å². The van der Waals surface area contributed by atoms with E-state index in [1.165, 1.54) is 26.6 Å². The molecule has 2 heterocycles. The van der Waals surface area contributed by atoms with Crippen LogP contribution in [0.1, 0.15) is 111 Å². The number of ether oxygens (including phenoxy) is 8. The summed E-state index contributed by atoms with van der Waals surface area (Å²) in [5.41, 5.74) is 8.20. The van der Waals surface area contributed by atoms with Crippen LogP contribution < -0.4 is 29.6 Å². The Hall–Kier alpha value is -7.28. The fraction of sp³-hybridized carbons (Fsp3) is 0.387. The van der Waals surface area contributed by atoms with Crippen LogP contribution in [-0.4, -0.2) is 71.6 Å². The highest BCUT2D eigenvalue weighted by Crippen LogP contribution is 2.38. The van der Waals surface area contributed by atoms with Gasteiger partial charge in [0.25, 0.3) is 0 Å². The highest BCUT2D eigenvalue weighted by atomic mass is 35.5. The van der Waals surface area contributed by atoms with E-state index in [-0.39, 0.29) is 39.5 Å². The number of nitriles is 2. The minimum absolute atomic E-state index is 0.0876. The first-order valence-electron chi connectivity index (χ1n) is 26.0. The number of halogens is 2. The van der Waals surface area contributed by atoms with Crippen molar-refractivity contribution < 1.29 is 47.5 Å². The first kappa shape index (κ1) is 61.9. The van der Waals surface area contributed by atoms with E-state index in [2.05, 4.69) is 44.9 Å². The first-order valence-corrected chi connectivity index (χ1v) is 26.8. The number of pyridine rings is 2. The number of aromatic nitrogens is 2. The van der Waals surface area contributed by atoms with Crippen molar-refractivity contribution in [2.75, 3.05) is 14.2 Å². The largest absolute Gasteiger partial charge is 0.488 e. The molecule has 4 atom stereocenters. The number of methoxy groups -OCH3 is 2. The molecule has 16 nitrogen and oxygen atoms in total. The third kappa shape index (κ3) is 17.4. The fourth-order valence-electron chi connectivity index (χ4n) is 8.90. The Balaban J connectivity index is 1.23. The Labute approximate surface area is 479 Å². The molecule has 6 rings (SSSR count). The molecular formula is C62H70Cl2N6O10. The van der Waals surface area contributed by atoms with E-state index in [1.807, 2.05) is 93.5 Å². The van der Waals surface area contributed by atoms with Gasteiger partial charge in [0.1, 0.15) is 73.6 Å². The zero-order valence-corrected chi connectivity index (χ0v) is 48.9. The SMILES string of the molecule is COC(=O)[C@@H](NCc1cc(Cl)c(OCc2cccc(-c3cccc(COc4cc(OCc5cncc(C#N)c5)c(CN[C@H](C(=O)OC)[C@@H](C)OC(C)(C)C)cc4Cl)c3C)c2C)cc1OCc1cncc(C#N)c1)[C@@H](C)OC(C)(C)C. The molecule has 0 aliphatic carbocycles. The molecule has 0 saturated carbocycles. The van der Waals surface area contributed by atoms with E-state index in [4.69, 9.17) is 61.1 Å². The van der Waals surface area contributed by atoms with Gasteiger partial charge in [0.15, 0.2) is 0 Å². The minimum atomic E-state index is -0.812. The normalized spacial score (nSPS) is 13.0. The van der Waals surface area contributed by atoms with Crippen molar-refractivity contribution in [3.8, 4) is 46.3 Å². The monoisotopic (exact) mass is 1130 g/mol. The number of carbonyl (C=O) groups excluding carboxylic acids is 2. The van der Waals surface area contributed by atoms with Gasteiger partial charge in [0, 0.05) is 72.3 Å². The Morgan fingerprint density at radius 2 is 0.925 bits per heavy atom. The highest BCUT2D eigenvalue weighted by molar-refractivity contribution is 6.32. The zero-order valence-electron chi connectivity index (χ0n) is 47.4. The Morgan fingerprint density at radius 3 is 1.27 bits per heavy atom. The van der Waals surface area contributed by atoms with Crippen molar-refractivity contribution >= 4 is 35.1 Å². The van der Waals surface area contributed by atoms with Crippen molar-refractivity contribution in [3.05, 3.63) is 163 Å². The molecule has 18 heteroatoms. The second-order valence-corrected chi connectivity index (χ2v) is 22.0. The van der Waals surface area contributed by atoms with E-state index in [0.717, 1.165) is 33.4 Å². The van der Waals surface area contributed by atoms with Gasteiger partial charge < -0.3 is 37.9 Å². The van der Waals surface area contributed by atoms with Gasteiger partial charge in [-0.1, -0.05) is 59.6 Å². The smallest absolute Gasteiger partial charge is 0.325 e. The number of rotatable bonds is 25. The van der Waals surface area contributed by atoms with Gasteiger partial charge in [0.05, 0.1) is 58.8 Å². The van der Waals surface area contributed by atoms with Crippen molar-refractivity contribution in [2.24, 2.45) is 0 Å². The van der Waals surface area contributed by atoms with Gasteiger partial charge >= 0.3 is 11.9 Å². The van der Waals surface area contributed by atoms with Gasteiger partial charge in [-0.2, -0.15) is 10.5 Å². The molecule has 422 valence electrons. The molecule has 80 heavy (non-hydrogen) atoms. The molecule has 6 aromatic rings. The van der Waals surface area contributed by atoms with Crippen molar-refractivity contribution in [1.29, 1.82) is 10.5 Å². The lowest BCUT2D eigenvalue weighted by Gasteiger charge is -2.30. The van der Waals surface area contributed by atoms with Gasteiger partial charge in [-0.3, -0.25) is 30.2 Å². The summed E-state index contributed by atoms with van der Waals surface area (Å²) < 4.78 is 48.2. The average Bonchev–Trinajstić information content (AvgIpc) is 3.42. The summed E-state index contributed by atoms with van der Waals surface area (Å²) in [5.74, 6) is 0.645. The predicted octanol–water partition coefficient (Wildman–Crippen LogP) is 11.8. The summed E-state index contributed by atoms with van der Waals surface area (Å²) in [6.45, 7) is 20.0. The lowest BCUT2D eigenvalue weighted by molar-refractivity contribution is -0.152. The zero-order chi connectivity index (χ0) is 58.3. The second kappa shape index (κ2) is 28.2. The van der Waals surface area contributed by atoms with Crippen molar-refractivity contribution in [3.63, 3.8) is 0 Å². The van der Waals surface area contributed by atoms with E-state index < -0.39 is 47.4 Å². The molecule has 2 N–H and O–H groups in total. The molecular weight excluding hydrogens is 1060 g/mol. The number of hydrogen-bond acceptors (Lipinski definition) is 16. The van der Waals surface area contributed by atoms with Crippen molar-refractivity contribution in [1.82, 2.24) is 20.6 Å². The maximum Gasteiger partial charge on any atom is 0.325 e. The van der Waals surface area contributed by atoms with Crippen molar-refractivity contribution in [2.45, 2.75) is 144 Å². The Morgan fingerprint density at radius 1 is 0.550 bits per heavy atom. The van der Waals surface area contributed by atoms with E-state index >= 15 is 0 Å². The lowest BCUT2D eigenvalue weighted by Crippen LogP contribution is -2.48. The van der Waals surface area contributed by atoms with Crippen LogP contribution in [0.25, 0.3) is 11.1 Å². The molecule has 0 unspecified atom stereocenters. The minimum Gasteiger partial charge on any atom is -0.488 e. The Kier molecular flexibility index (Phi) is 21.9. The van der Waals surface area contributed by atoms with Crippen LogP contribution in [-0.2, 0) is 68.1 Å². The number of carbonyl (C=O) groups is 2. The average molecular weight is 1130 g/mol. The lowest BCUT2D eigenvalue weighted by atomic mass is 9.92. The predicted molar refractivity (Wildman–Crippen MR) is 305 cm³/mol.